The fourth-order valence-corrected chi connectivity index (χ4v) is 3.55. The van der Waals surface area contributed by atoms with Crippen LogP contribution in [0.25, 0.3) is 10.2 Å². The maximum Gasteiger partial charge on any atom is 0.341 e. The van der Waals surface area contributed by atoms with Gasteiger partial charge in [-0.3, -0.25) is 9.59 Å². The van der Waals surface area contributed by atoms with Gasteiger partial charge in [0.25, 0.3) is 11.5 Å². The number of aromatic nitrogens is 1. The number of fused-ring (bicyclic) bond motifs is 2. The molecule has 0 aliphatic carbocycles. The van der Waals surface area contributed by atoms with E-state index in [2.05, 4.69) is 10.3 Å². The molecule has 0 spiro atoms. The number of aromatic carboxylic acids is 1. The van der Waals surface area contributed by atoms with E-state index in [-0.39, 0.29) is 17.4 Å². The Morgan fingerprint density at radius 1 is 1.23 bits per heavy atom. The van der Waals surface area contributed by atoms with Gasteiger partial charge in [0, 0.05) is 17.1 Å². The molecule has 1 aromatic carbocycles. The lowest BCUT2D eigenvalue weighted by molar-refractivity contribution is 0.0695. The van der Waals surface area contributed by atoms with Crippen molar-refractivity contribution in [1.82, 2.24) is 4.98 Å². The average Bonchev–Trinajstić information content (AvgIpc) is 3.18. The van der Waals surface area contributed by atoms with Crippen molar-refractivity contribution >= 4 is 44.8 Å². The third kappa shape index (κ3) is 2.52. The molecule has 3 aromatic rings. The maximum absolute atomic E-state index is 12.5. The summed E-state index contributed by atoms with van der Waals surface area (Å²) in [7, 11) is 0. The predicted molar refractivity (Wildman–Crippen MR) is 94.3 cm³/mol. The van der Waals surface area contributed by atoms with Crippen LogP contribution in [0.5, 0.6) is 11.5 Å². The minimum atomic E-state index is -1.37. The molecular weight excluding hydrogens is 362 g/mol. The summed E-state index contributed by atoms with van der Waals surface area (Å²) >= 11 is 0.970. The van der Waals surface area contributed by atoms with Crippen LogP contribution < -0.4 is 26.1 Å². The summed E-state index contributed by atoms with van der Waals surface area (Å²) in [5, 5.41) is 12.0. The van der Waals surface area contributed by atoms with E-state index >= 15 is 0 Å². The Morgan fingerprint density at radius 2 is 2.00 bits per heavy atom. The summed E-state index contributed by atoms with van der Waals surface area (Å²) < 4.78 is 10.5. The van der Waals surface area contributed by atoms with Gasteiger partial charge in [0.15, 0.2) is 11.5 Å². The van der Waals surface area contributed by atoms with Crippen molar-refractivity contribution < 1.29 is 24.2 Å². The first-order valence-corrected chi connectivity index (χ1v) is 8.15. The number of aromatic amines is 1. The fourth-order valence-electron chi connectivity index (χ4n) is 2.56. The van der Waals surface area contributed by atoms with E-state index in [1.807, 2.05) is 0 Å². The number of hydrogen-bond donors (Lipinski definition) is 4. The van der Waals surface area contributed by atoms with Gasteiger partial charge in [-0.25, -0.2) is 4.79 Å². The van der Waals surface area contributed by atoms with Crippen LogP contribution in [0.4, 0.5) is 11.4 Å². The Morgan fingerprint density at radius 3 is 2.77 bits per heavy atom. The number of benzene rings is 1. The molecule has 0 atom stereocenters. The summed E-state index contributed by atoms with van der Waals surface area (Å²) in [6.07, 6.45) is 0. The number of pyridine rings is 1. The lowest BCUT2D eigenvalue weighted by Crippen LogP contribution is -2.16. The van der Waals surface area contributed by atoms with Crippen LogP contribution in [0.15, 0.2) is 29.1 Å². The normalized spacial score (nSPS) is 12.3. The van der Waals surface area contributed by atoms with Gasteiger partial charge in [-0.1, -0.05) is 0 Å². The second-order valence-corrected chi connectivity index (χ2v) is 6.45. The van der Waals surface area contributed by atoms with Gasteiger partial charge in [0.2, 0.25) is 6.79 Å². The van der Waals surface area contributed by atoms with Crippen LogP contribution in [0.1, 0.15) is 20.0 Å². The van der Waals surface area contributed by atoms with Crippen LogP contribution in [0, 0.1) is 0 Å². The van der Waals surface area contributed by atoms with Crippen LogP contribution in [-0.2, 0) is 0 Å². The maximum atomic E-state index is 12.5. The molecule has 9 nitrogen and oxygen atoms in total. The number of ether oxygens (including phenoxy) is 2. The van der Waals surface area contributed by atoms with Gasteiger partial charge in [-0.05, 0) is 18.2 Å². The summed E-state index contributed by atoms with van der Waals surface area (Å²) in [4.78, 5) is 38.3. The molecule has 26 heavy (non-hydrogen) atoms. The minimum Gasteiger partial charge on any atom is -0.477 e. The van der Waals surface area contributed by atoms with E-state index < -0.39 is 23.0 Å². The van der Waals surface area contributed by atoms with Crippen molar-refractivity contribution in [3.63, 3.8) is 0 Å². The molecule has 0 radical (unpaired) electrons. The number of thiophene rings is 1. The number of amides is 1. The van der Waals surface area contributed by atoms with E-state index in [1.54, 1.807) is 18.2 Å². The van der Waals surface area contributed by atoms with Gasteiger partial charge in [0.05, 0.1) is 5.69 Å². The minimum absolute atomic E-state index is 0.0991. The van der Waals surface area contributed by atoms with E-state index in [4.69, 9.17) is 20.3 Å². The highest BCUT2D eigenvalue weighted by Gasteiger charge is 2.21. The first kappa shape index (κ1) is 16.0. The zero-order valence-corrected chi connectivity index (χ0v) is 13.8. The standard InChI is InChI=1S/C16H11N3O6S/c17-11-7-4-8(16(22)23)13(20)19-15(7)26-12(11)14(21)18-6-1-2-9-10(3-6)25-5-24-9/h1-4H,5,17H2,(H,18,21)(H,19,20)(H,22,23). The van der Waals surface area contributed by atoms with E-state index in [0.29, 0.717) is 27.4 Å². The molecule has 0 saturated heterocycles. The smallest absolute Gasteiger partial charge is 0.341 e. The zero-order chi connectivity index (χ0) is 18.4. The second kappa shape index (κ2) is 5.77. The number of nitrogen functional groups attached to an aromatic ring is 1. The molecular formula is C16H11N3O6S. The SMILES string of the molecule is Nc1c(C(=O)Nc2ccc3c(c2)OCO3)sc2[nH]c(=O)c(C(=O)O)cc12. The number of carbonyl (C=O) groups is 2. The number of carboxylic acids is 1. The van der Waals surface area contributed by atoms with Gasteiger partial charge in [-0.15, -0.1) is 11.3 Å². The lowest BCUT2D eigenvalue weighted by Gasteiger charge is -2.05. The first-order chi connectivity index (χ1) is 12.4. The van der Waals surface area contributed by atoms with Crippen molar-refractivity contribution in [1.29, 1.82) is 0 Å². The zero-order valence-electron chi connectivity index (χ0n) is 13.0. The van der Waals surface area contributed by atoms with Crippen molar-refractivity contribution in [3.05, 3.63) is 45.1 Å². The quantitative estimate of drug-likeness (QED) is 0.548. The lowest BCUT2D eigenvalue weighted by atomic mass is 10.2. The summed E-state index contributed by atoms with van der Waals surface area (Å²) in [5.74, 6) is -0.754. The number of rotatable bonds is 3. The molecule has 1 aliphatic heterocycles. The number of nitrogens with one attached hydrogen (secondary N) is 2. The first-order valence-electron chi connectivity index (χ1n) is 7.33. The fraction of sp³-hybridized carbons (Fsp3) is 0.0625. The highest BCUT2D eigenvalue weighted by atomic mass is 32.1. The van der Waals surface area contributed by atoms with Crippen LogP contribution in [0.2, 0.25) is 0 Å². The van der Waals surface area contributed by atoms with E-state index in [1.165, 1.54) is 6.07 Å². The number of anilines is 2. The molecule has 3 heterocycles. The molecule has 1 aliphatic rings. The molecule has 0 saturated carbocycles. The van der Waals surface area contributed by atoms with Crippen LogP contribution in [0.3, 0.4) is 0 Å². The Bertz CT molecular complexity index is 1130. The van der Waals surface area contributed by atoms with Gasteiger partial charge in [0.1, 0.15) is 15.3 Å². The Kier molecular flexibility index (Phi) is 3.55. The summed E-state index contributed by atoms with van der Waals surface area (Å²) in [5.41, 5.74) is 5.38. The van der Waals surface area contributed by atoms with Gasteiger partial charge < -0.3 is 30.6 Å². The number of H-pyrrole nitrogens is 1. The van der Waals surface area contributed by atoms with Crippen molar-refractivity contribution in [2.45, 2.75) is 0 Å². The van der Waals surface area contributed by atoms with Crippen molar-refractivity contribution in [3.8, 4) is 11.5 Å². The predicted octanol–water partition coefficient (Wildman–Crippen LogP) is 1.85. The number of nitrogens with two attached hydrogens (primary N) is 1. The largest absolute Gasteiger partial charge is 0.477 e. The third-order valence-electron chi connectivity index (χ3n) is 3.81. The molecule has 2 aromatic heterocycles. The Labute approximate surface area is 149 Å². The van der Waals surface area contributed by atoms with Crippen LogP contribution >= 0.6 is 11.3 Å². The second-order valence-electron chi connectivity index (χ2n) is 5.43. The molecule has 1 amide bonds. The highest BCUT2D eigenvalue weighted by molar-refractivity contribution is 7.21. The topological polar surface area (TPSA) is 144 Å². The third-order valence-corrected chi connectivity index (χ3v) is 4.95. The summed E-state index contributed by atoms with van der Waals surface area (Å²) in [6.45, 7) is 0.120. The Hall–Kier alpha value is -3.53. The number of carboxylic acid groups (broad SMARTS) is 1. The Balaban J connectivity index is 1.69. The summed E-state index contributed by atoms with van der Waals surface area (Å²) in [6, 6.07) is 6.11. The molecule has 0 fully saturated rings. The molecule has 5 N–H and O–H groups in total. The molecule has 0 bridgehead atoms. The molecule has 132 valence electrons. The van der Waals surface area contributed by atoms with E-state index in [9.17, 15) is 14.4 Å². The highest BCUT2D eigenvalue weighted by Crippen LogP contribution is 2.36. The van der Waals surface area contributed by atoms with Gasteiger partial charge in [-0.2, -0.15) is 0 Å². The van der Waals surface area contributed by atoms with Crippen molar-refractivity contribution in [2.75, 3.05) is 17.8 Å². The number of hydrogen-bond acceptors (Lipinski definition) is 7. The molecule has 0 unspecified atom stereocenters. The number of carbonyl (C=O) groups excluding carboxylic acids is 1. The van der Waals surface area contributed by atoms with Gasteiger partial charge >= 0.3 is 5.97 Å². The van der Waals surface area contributed by atoms with Crippen LogP contribution in [-0.4, -0.2) is 28.8 Å². The average molecular weight is 373 g/mol. The van der Waals surface area contributed by atoms with Crippen molar-refractivity contribution in [2.24, 2.45) is 0 Å². The van der Waals surface area contributed by atoms with E-state index in [0.717, 1.165) is 11.3 Å². The molecule has 4 rings (SSSR count). The monoisotopic (exact) mass is 373 g/mol. The molecule has 10 heteroatoms.